The van der Waals surface area contributed by atoms with E-state index in [1.54, 1.807) is 12.1 Å². The van der Waals surface area contributed by atoms with Gasteiger partial charge in [0.25, 0.3) is 0 Å². The van der Waals surface area contributed by atoms with Gasteiger partial charge in [0.15, 0.2) is 0 Å². The Morgan fingerprint density at radius 2 is 1.41 bits per heavy atom. The molecular formula is C20H26FN. The molecule has 0 bridgehead atoms. The van der Waals surface area contributed by atoms with E-state index in [0.29, 0.717) is 5.92 Å². The Bertz CT molecular complexity index is 579. The van der Waals surface area contributed by atoms with Crippen molar-refractivity contribution in [2.45, 2.75) is 38.5 Å². The molecular weight excluding hydrogens is 273 g/mol. The molecule has 1 unspecified atom stereocenters. The van der Waals surface area contributed by atoms with Gasteiger partial charge in [-0.05, 0) is 54.3 Å². The molecule has 2 rings (SSSR count). The Labute approximate surface area is 133 Å². The van der Waals surface area contributed by atoms with Gasteiger partial charge >= 0.3 is 0 Å². The van der Waals surface area contributed by atoms with Crippen LogP contribution < -0.4 is 5.32 Å². The van der Waals surface area contributed by atoms with Gasteiger partial charge in [0.05, 0.1) is 0 Å². The fraction of sp³-hybridized carbons (Fsp3) is 0.400. The third-order valence-electron chi connectivity index (χ3n) is 4.13. The predicted molar refractivity (Wildman–Crippen MR) is 91.9 cm³/mol. The Morgan fingerprint density at radius 1 is 0.909 bits per heavy atom. The second kappa shape index (κ2) is 7.06. The zero-order valence-corrected chi connectivity index (χ0v) is 14.0. The minimum absolute atomic E-state index is 0.162. The van der Waals surface area contributed by atoms with Crippen LogP contribution in [0.1, 0.15) is 49.8 Å². The minimum atomic E-state index is -0.181. The average Bonchev–Trinajstić information content (AvgIpc) is 2.49. The first kappa shape index (κ1) is 16.7. The molecule has 0 aromatic heterocycles. The molecule has 2 aromatic rings. The molecule has 1 nitrogen and oxygen atoms in total. The van der Waals surface area contributed by atoms with E-state index >= 15 is 0 Å². The lowest BCUT2D eigenvalue weighted by atomic mass is 9.83. The number of nitrogens with one attached hydrogen (secondary N) is 1. The van der Waals surface area contributed by atoms with E-state index in [1.807, 2.05) is 19.2 Å². The first-order valence-corrected chi connectivity index (χ1v) is 7.92. The van der Waals surface area contributed by atoms with Crippen molar-refractivity contribution in [3.05, 3.63) is 71.0 Å². The fourth-order valence-electron chi connectivity index (χ4n) is 2.72. The first-order valence-electron chi connectivity index (χ1n) is 7.92. The molecule has 118 valence electrons. The van der Waals surface area contributed by atoms with Crippen molar-refractivity contribution in [3.63, 3.8) is 0 Å². The average molecular weight is 299 g/mol. The number of hydrogen-bond acceptors (Lipinski definition) is 1. The SMILES string of the molecule is CNCCC(c1ccc(F)cc1)c1ccc(C(C)(C)C)cc1. The number of hydrogen-bond donors (Lipinski definition) is 1. The van der Waals surface area contributed by atoms with Crippen LogP contribution >= 0.6 is 0 Å². The van der Waals surface area contributed by atoms with Crippen molar-refractivity contribution in [2.75, 3.05) is 13.6 Å². The van der Waals surface area contributed by atoms with Crippen molar-refractivity contribution in [2.24, 2.45) is 0 Å². The lowest BCUT2D eigenvalue weighted by Crippen LogP contribution is -2.14. The molecule has 0 amide bonds. The quantitative estimate of drug-likeness (QED) is 0.831. The van der Waals surface area contributed by atoms with E-state index in [2.05, 4.69) is 50.4 Å². The summed E-state index contributed by atoms with van der Waals surface area (Å²) in [6, 6.07) is 15.7. The zero-order chi connectivity index (χ0) is 16.2. The summed E-state index contributed by atoms with van der Waals surface area (Å²) in [5.41, 5.74) is 3.95. The van der Waals surface area contributed by atoms with E-state index in [0.717, 1.165) is 13.0 Å². The second-order valence-electron chi connectivity index (χ2n) is 6.87. The van der Waals surface area contributed by atoms with Gasteiger partial charge in [-0.15, -0.1) is 0 Å². The highest BCUT2D eigenvalue weighted by Crippen LogP contribution is 2.30. The molecule has 1 N–H and O–H groups in total. The Hall–Kier alpha value is -1.67. The summed E-state index contributed by atoms with van der Waals surface area (Å²) in [4.78, 5) is 0. The molecule has 2 heteroatoms. The van der Waals surface area contributed by atoms with Crippen LogP contribution in [0, 0.1) is 5.82 Å². The molecule has 0 aliphatic rings. The summed E-state index contributed by atoms with van der Waals surface area (Å²) >= 11 is 0. The molecule has 0 aliphatic carbocycles. The van der Waals surface area contributed by atoms with Gasteiger partial charge < -0.3 is 5.32 Å². The van der Waals surface area contributed by atoms with Crippen LogP contribution in [0.3, 0.4) is 0 Å². The van der Waals surface area contributed by atoms with Crippen LogP contribution in [0.4, 0.5) is 4.39 Å². The van der Waals surface area contributed by atoms with Crippen molar-refractivity contribution in [1.82, 2.24) is 5.32 Å². The van der Waals surface area contributed by atoms with Crippen LogP contribution in [0.25, 0.3) is 0 Å². The smallest absolute Gasteiger partial charge is 0.123 e. The van der Waals surface area contributed by atoms with Gasteiger partial charge in [0.1, 0.15) is 5.82 Å². The highest BCUT2D eigenvalue weighted by molar-refractivity contribution is 5.36. The lowest BCUT2D eigenvalue weighted by Gasteiger charge is -2.22. The number of halogens is 1. The Balaban J connectivity index is 2.30. The van der Waals surface area contributed by atoms with Crippen LogP contribution in [-0.4, -0.2) is 13.6 Å². The van der Waals surface area contributed by atoms with Crippen LogP contribution in [0.15, 0.2) is 48.5 Å². The molecule has 0 saturated carbocycles. The highest BCUT2D eigenvalue weighted by atomic mass is 19.1. The first-order chi connectivity index (χ1) is 10.4. The maximum atomic E-state index is 13.2. The summed E-state index contributed by atoms with van der Waals surface area (Å²) < 4.78 is 13.2. The minimum Gasteiger partial charge on any atom is -0.320 e. The van der Waals surface area contributed by atoms with Gasteiger partial charge in [-0.3, -0.25) is 0 Å². The topological polar surface area (TPSA) is 12.0 Å². The van der Waals surface area contributed by atoms with Gasteiger partial charge in [-0.1, -0.05) is 57.2 Å². The fourth-order valence-corrected chi connectivity index (χ4v) is 2.72. The van der Waals surface area contributed by atoms with Crippen molar-refractivity contribution >= 4 is 0 Å². The normalized spacial score (nSPS) is 13.1. The van der Waals surface area contributed by atoms with E-state index in [-0.39, 0.29) is 11.2 Å². The second-order valence-corrected chi connectivity index (χ2v) is 6.87. The molecule has 2 aromatic carbocycles. The lowest BCUT2D eigenvalue weighted by molar-refractivity contribution is 0.589. The molecule has 22 heavy (non-hydrogen) atoms. The third kappa shape index (κ3) is 4.17. The summed E-state index contributed by atoms with van der Waals surface area (Å²) in [6.45, 7) is 7.60. The Kier molecular flexibility index (Phi) is 5.36. The largest absolute Gasteiger partial charge is 0.320 e. The molecule has 0 spiro atoms. The summed E-state index contributed by atoms with van der Waals surface area (Å²) in [5.74, 6) is 0.112. The molecule has 0 aliphatic heterocycles. The van der Waals surface area contributed by atoms with Crippen molar-refractivity contribution in [1.29, 1.82) is 0 Å². The zero-order valence-electron chi connectivity index (χ0n) is 14.0. The molecule has 0 fully saturated rings. The Morgan fingerprint density at radius 3 is 1.86 bits per heavy atom. The maximum Gasteiger partial charge on any atom is 0.123 e. The molecule has 0 saturated heterocycles. The standard InChI is InChI=1S/C20H26FN/c1-20(2,3)17-9-5-15(6-10-17)19(13-14-22-4)16-7-11-18(21)12-8-16/h5-12,19,22H,13-14H2,1-4H3. The van der Waals surface area contributed by atoms with Gasteiger partial charge in [0.2, 0.25) is 0 Å². The molecule has 0 radical (unpaired) electrons. The van der Waals surface area contributed by atoms with E-state index < -0.39 is 0 Å². The van der Waals surface area contributed by atoms with E-state index in [4.69, 9.17) is 0 Å². The van der Waals surface area contributed by atoms with Gasteiger partial charge in [-0.25, -0.2) is 4.39 Å². The van der Waals surface area contributed by atoms with Crippen molar-refractivity contribution < 1.29 is 4.39 Å². The summed E-state index contributed by atoms with van der Waals surface area (Å²) in [6.07, 6.45) is 0.997. The highest BCUT2D eigenvalue weighted by Gasteiger charge is 2.17. The summed E-state index contributed by atoms with van der Waals surface area (Å²) in [7, 11) is 1.96. The van der Waals surface area contributed by atoms with Crippen LogP contribution in [-0.2, 0) is 5.41 Å². The van der Waals surface area contributed by atoms with E-state index in [1.165, 1.54) is 16.7 Å². The van der Waals surface area contributed by atoms with E-state index in [9.17, 15) is 4.39 Å². The van der Waals surface area contributed by atoms with Crippen LogP contribution in [0.5, 0.6) is 0 Å². The third-order valence-corrected chi connectivity index (χ3v) is 4.13. The number of rotatable bonds is 5. The van der Waals surface area contributed by atoms with Gasteiger partial charge in [-0.2, -0.15) is 0 Å². The van der Waals surface area contributed by atoms with Crippen molar-refractivity contribution in [3.8, 4) is 0 Å². The maximum absolute atomic E-state index is 13.2. The monoisotopic (exact) mass is 299 g/mol. The number of benzene rings is 2. The predicted octanol–water partition coefficient (Wildman–Crippen LogP) is 4.86. The summed E-state index contributed by atoms with van der Waals surface area (Å²) in [5, 5.41) is 3.21. The van der Waals surface area contributed by atoms with Gasteiger partial charge in [0, 0.05) is 5.92 Å². The molecule has 1 atom stereocenters. The van der Waals surface area contributed by atoms with Crippen LogP contribution in [0.2, 0.25) is 0 Å². The molecule has 0 heterocycles.